The molecule has 7 nitrogen and oxygen atoms in total. The Bertz CT molecular complexity index is 699. The Morgan fingerprint density at radius 1 is 1.13 bits per heavy atom. The van der Waals surface area contributed by atoms with Gasteiger partial charge in [0, 0.05) is 24.7 Å². The van der Waals surface area contributed by atoms with Crippen LogP contribution in [0.1, 0.15) is 47.2 Å². The summed E-state index contributed by atoms with van der Waals surface area (Å²) in [5, 5.41) is 14.3. The van der Waals surface area contributed by atoms with E-state index in [-0.39, 0.29) is 17.0 Å². The van der Waals surface area contributed by atoms with E-state index in [4.69, 9.17) is 0 Å². The van der Waals surface area contributed by atoms with Crippen molar-refractivity contribution in [1.29, 1.82) is 0 Å². The SMILES string of the molecule is Cn1cc(NC(=O)Nc2cc(C(C)(C)C)nn2C(C)(C)C)cn1. The van der Waals surface area contributed by atoms with Crippen molar-refractivity contribution in [3.8, 4) is 0 Å². The van der Waals surface area contributed by atoms with E-state index in [0.717, 1.165) is 5.69 Å². The first kappa shape index (κ1) is 17.1. The molecular weight excluding hydrogens is 292 g/mol. The summed E-state index contributed by atoms with van der Waals surface area (Å²) in [5.74, 6) is 0.670. The first-order valence-electron chi connectivity index (χ1n) is 7.64. The second kappa shape index (κ2) is 5.72. The third kappa shape index (κ3) is 4.12. The second-order valence-electron chi connectivity index (χ2n) is 7.73. The first-order valence-corrected chi connectivity index (χ1v) is 7.64. The summed E-state index contributed by atoms with van der Waals surface area (Å²) < 4.78 is 3.48. The van der Waals surface area contributed by atoms with Gasteiger partial charge in [-0.05, 0) is 20.8 Å². The fraction of sp³-hybridized carbons (Fsp3) is 0.562. The van der Waals surface area contributed by atoms with E-state index in [1.165, 1.54) is 0 Å². The van der Waals surface area contributed by atoms with E-state index in [1.807, 2.05) is 10.7 Å². The van der Waals surface area contributed by atoms with Gasteiger partial charge >= 0.3 is 6.03 Å². The number of nitrogens with one attached hydrogen (secondary N) is 2. The zero-order chi connectivity index (χ0) is 17.4. The highest BCUT2D eigenvalue weighted by Gasteiger charge is 2.25. The topological polar surface area (TPSA) is 76.8 Å². The van der Waals surface area contributed by atoms with Crippen molar-refractivity contribution < 1.29 is 4.79 Å². The molecule has 0 radical (unpaired) electrons. The Kier molecular flexibility index (Phi) is 4.24. The Balaban J connectivity index is 2.24. The van der Waals surface area contributed by atoms with Gasteiger partial charge in [-0.2, -0.15) is 10.2 Å². The Morgan fingerprint density at radius 3 is 2.26 bits per heavy atom. The molecule has 2 N–H and O–H groups in total. The molecule has 0 saturated carbocycles. The fourth-order valence-electron chi connectivity index (χ4n) is 2.11. The van der Waals surface area contributed by atoms with Gasteiger partial charge in [-0.3, -0.25) is 10.00 Å². The molecule has 0 atom stereocenters. The van der Waals surface area contributed by atoms with Crippen molar-refractivity contribution in [3.63, 3.8) is 0 Å². The van der Waals surface area contributed by atoms with Crippen molar-refractivity contribution in [2.24, 2.45) is 7.05 Å². The number of aryl methyl sites for hydroxylation is 1. The molecule has 0 unspecified atom stereocenters. The Morgan fingerprint density at radius 2 is 1.78 bits per heavy atom. The van der Waals surface area contributed by atoms with Crippen LogP contribution < -0.4 is 10.6 Å². The average molecular weight is 318 g/mol. The van der Waals surface area contributed by atoms with Crippen LogP contribution >= 0.6 is 0 Å². The summed E-state index contributed by atoms with van der Waals surface area (Å²) in [6.07, 6.45) is 3.34. The van der Waals surface area contributed by atoms with Crippen molar-refractivity contribution in [1.82, 2.24) is 19.6 Å². The summed E-state index contributed by atoms with van der Waals surface area (Å²) in [6, 6.07) is 1.61. The maximum Gasteiger partial charge on any atom is 0.324 e. The molecule has 23 heavy (non-hydrogen) atoms. The summed E-state index contributed by atoms with van der Waals surface area (Å²) >= 11 is 0. The van der Waals surface area contributed by atoms with Gasteiger partial charge in [-0.15, -0.1) is 0 Å². The summed E-state index contributed by atoms with van der Waals surface area (Å²) in [7, 11) is 1.80. The highest BCUT2D eigenvalue weighted by atomic mass is 16.2. The maximum absolute atomic E-state index is 12.2. The first-order chi connectivity index (χ1) is 10.5. The largest absolute Gasteiger partial charge is 0.324 e. The third-order valence-electron chi connectivity index (χ3n) is 3.32. The van der Waals surface area contributed by atoms with Gasteiger partial charge in [0.25, 0.3) is 0 Å². The van der Waals surface area contributed by atoms with E-state index >= 15 is 0 Å². The Labute approximate surface area is 137 Å². The highest BCUT2D eigenvalue weighted by molar-refractivity contribution is 5.99. The highest BCUT2D eigenvalue weighted by Crippen LogP contribution is 2.28. The minimum atomic E-state index is -0.316. The standard InChI is InChI=1S/C16H26N6O/c1-15(2,3)12-8-13(22(20-12)16(4,5)6)19-14(23)18-11-9-17-21(7)10-11/h8-10H,1-7H3,(H2,18,19,23). The molecule has 0 aromatic carbocycles. The number of rotatable bonds is 2. The van der Waals surface area contributed by atoms with Crippen LogP contribution in [0.2, 0.25) is 0 Å². The van der Waals surface area contributed by atoms with E-state index in [1.54, 1.807) is 24.1 Å². The molecular formula is C16H26N6O. The molecule has 0 spiro atoms. The fourth-order valence-corrected chi connectivity index (χ4v) is 2.11. The number of urea groups is 1. The molecule has 7 heteroatoms. The lowest BCUT2D eigenvalue weighted by atomic mass is 9.92. The van der Waals surface area contributed by atoms with Crippen LogP contribution in [-0.4, -0.2) is 25.6 Å². The molecule has 2 amide bonds. The van der Waals surface area contributed by atoms with Crippen molar-refractivity contribution in [2.75, 3.05) is 10.6 Å². The zero-order valence-corrected chi connectivity index (χ0v) is 14.9. The van der Waals surface area contributed by atoms with Crippen LogP contribution in [0.5, 0.6) is 0 Å². The molecule has 2 aromatic rings. The van der Waals surface area contributed by atoms with E-state index in [0.29, 0.717) is 11.5 Å². The average Bonchev–Trinajstić information content (AvgIpc) is 2.94. The minimum Gasteiger partial charge on any atom is -0.305 e. The maximum atomic E-state index is 12.2. The lowest BCUT2D eigenvalue weighted by Crippen LogP contribution is -2.28. The number of hydrogen-bond donors (Lipinski definition) is 2. The third-order valence-corrected chi connectivity index (χ3v) is 3.32. The molecule has 0 bridgehead atoms. The molecule has 0 aliphatic carbocycles. The lowest BCUT2D eigenvalue weighted by molar-refractivity contribution is 0.261. The van der Waals surface area contributed by atoms with Gasteiger partial charge in [-0.1, -0.05) is 20.8 Å². The van der Waals surface area contributed by atoms with Gasteiger partial charge in [0.1, 0.15) is 5.82 Å². The number of hydrogen-bond acceptors (Lipinski definition) is 3. The molecule has 2 aromatic heterocycles. The van der Waals surface area contributed by atoms with E-state index in [9.17, 15) is 4.79 Å². The molecule has 126 valence electrons. The molecule has 0 aliphatic rings. The minimum absolute atomic E-state index is 0.0905. The van der Waals surface area contributed by atoms with Crippen LogP contribution in [0.25, 0.3) is 0 Å². The summed E-state index contributed by atoms with van der Waals surface area (Å²) in [5.41, 5.74) is 1.25. The second-order valence-corrected chi connectivity index (χ2v) is 7.73. The van der Waals surface area contributed by atoms with Crippen LogP contribution in [0, 0.1) is 0 Å². The quantitative estimate of drug-likeness (QED) is 0.892. The smallest absolute Gasteiger partial charge is 0.305 e. The predicted molar refractivity (Wildman–Crippen MR) is 91.8 cm³/mol. The molecule has 2 rings (SSSR count). The van der Waals surface area contributed by atoms with Gasteiger partial charge in [0.05, 0.1) is 23.1 Å². The lowest BCUT2D eigenvalue weighted by Gasteiger charge is -2.23. The monoisotopic (exact) mass is 318 g/mol. The van der Waals surface area contributed by atoms with Crippen LogP contribution in [-0.2, 0) is 18.0 Å². The van der Waals surface area contributed by atoms with Crippen molar-refractivity contribution in [2.45, 2.75) is 52.5 Å². The summed E-state index contributed by atoms with van der Waals surface area (Å²) in [4.78, 5) is 12.2. The van der Waals surface area contributed by atoms with Gasteiger partial charge in [-0.25, -0.2) is 9.48 Å². The number of anilines is 2. The van der Waals surface area contributed by atoms with Crippen molar-refractivity contribution in [3.05, 3.63) is 24.2 Å². The van der Waals surface area contributed by atoms with Gasteiger partial charge < -0.3 is 5.32 Å². The van der Waals surface area contributed by atoms with Crippen molar-refractivity contribution >= 4 is 17.5 Å². The molecule has 2 heterocycles. The Hall–Kier alpha value is -2.31. The summed E-state index contributed by atoms with van der Waals surface area (Å²) in [6.45, 7) is 12.5. The zero-order valence-electron chi connectivity index (χ0n) is 14.9. The normalized spacial score (nSPS) is 12.3. The van der Waals surface area contributed by atoms with E-state index in [2.05, 4.69) is 62.4 Å². The number of aromatic nitrogens is 4. The number of nitrogens with zero attached hydrogens (tertiary/aromatic N) is 4. The number of carbonyl (C=O) groups is 1. The molecule has 0 fully saturated rings. The molecule has 0 saturated heterocycles. The van der Waals surface area contributed by atoms with Crippen LogP contribution in [0.4, 0.5) is 16.3 Å². The number of amides is 2. The number of carbonyl (C=O) groups excluding carboxylic acids is 1. The van der Waals surface area contributed by atoms with Crippen LogP contribution in [0.3, 0.4) is 0 Å². The van der Waals surface area contributed by atoms with Gasteiger partial charge in [0.15, 0.2) is 0 Å². The van der Waals surface area contributed by atoms with Gasteiger partial charge in [0.2, 0.25) is 0 Å². The molecule has 0 aliphatic heterocycles. The van der Waals surface area contributed by atoms with Crippen LogP contribution in [0.15, 0.2) is 18.5 Å². The predicted octanol–water partition coefficient (Wildman–Crippen LogP) is 3.31. The van der Waals surface area contributed by atoms with E-state index < -0.39 is 0 Å².